The molecule has 0 aliphatic heterocycles. The van der Waals surface area contributed by atoms with Crippen LogP contribution < -0.4 is 4.52 Å². The summed E-state index contributed by atoms with van der Waals surface area (Å²) in [5, 5.41) is -0.344. The Hall–Kier alpha value is -0.320. The second kappa shape index (κ2) is 6.63. The van der Waals surface area contributed by atoms with E-state index < -0.39 is 14.7 Å². The van der Waals surface area contributed by atoms with Crippen LogP contribution in [0.5, 0.6) is 5.75 Å². The van der Waals surface area contributed by atoms with Crippen LogP contribution >= 0.6 is 14.7 Å². The van der Waals surface area contributed by atoms with E-state index in [0.29, 0.717) is 11.3 Å². The topological polar surface area (TPSA) is 26.3 Å². The van der Waals surface area contributed by atoms with Crippen molar-refractivity contribution in [2.75, 3.05) is 0 Å². The number of hydrogen-bond donors (Lipinski definition) is 0. The summed E-state index contributed by atoms with van der Waals surface area (Å²) < 4.78 is 19.9. The van der Waals surface area contributed by atoms with Crippen molar-refractivity contribution in [3.8, 4) is 5.75 Å². The monoisotopic (exact) mass is 314 g/mol. The summed E-state index contributed by atoms with van der Waals surface area (Å²) in [6.07, 6.45) is 0. The molecule has 1 unspecified atom stereocenters. The van der Waals surface area contributed by atoms with Gasteiger partial charge >= 0.3 is 0 Å². The number of para-hydroxylation sites is 1. The van der Waals surface area contributed by atoms with Crippen molar-refractivity contribution >= 4 is 14.7 Å². The fourth-order valence-electron chi connectivity index (χ4n) is 2.36. The van der Waals surface area contributed by atoms with Crippen molar-refractivity contribution in [3.05, 3.63) is 30.3 Å². The predicted octanol–water partition coefficient (Wildman–Crippen LogP) is 6.36. The largest absolute Gasteiger partial charge is 0.440 e. The molecule has 0 bridgehead atoms. The third-order valence-electron chi connectivity index (χ3n) is 3.18. The van der Waals surface area contributed by atoms with Crippen LogP contribution in [0.4, 0.5) is 0 Å². The Labute approximate surface area is 125 Å². The van der Waals surface area contributed by atoms with Crippen LogP contribution in [0.25, 0.3) is 0 Å². The van der Waals surface area contributed by atoms with Crippen molar-refractivity contribution in [3.63, 3.8) is 0 Å². The molecule has 4 heteroatoms. The fraction of sp³-hybridized carbons (Fsp3) is 0.625. The molecule has 0 saturated carbocycles. The van der Waals surface area contributed by atoms with Gasteiger partial charge in [-0.2, -0.15) is 0 Å². The highest BCUT2D eigenvalue weighted by molar-refractivity contribution is 8.32. The summed E-state index contributed by atoms with van der Waals surface area (Å²) in [6, 6.07) is 9.59. The third-order valence-corrected chi connectivity index (χ3v) is 14.7. The van der Waals surface area contributed by atoms with Gasteiger partial charge in [0, 0.05) is 7.61 Å². The van der Waals surface area contributed by atoms with E-state index >= 15 is 0 Å². The average Bonchev–Trinajstić information content (AvgIpc) is 2.27. The van der Waals surface area contributed by atoms with E-state index in [1.807, 2.05) is 51.1 Å². The minimum absolute atomic E-state index is 0.344. The zero-order valence-electron chi connectivity index (χ0n) is 13.8. The van der Waals surface area contributed by atoms with Gasteiger partial charge in [-0.3, -0.25) is 4.57 Å². The van der Waals surface area contributed by atoms with Gasteiger partial charge in [-0.05, 0) is 44.2 Å². The van der Waals surface area contributed by atoms with E-state index in [-0.39, 0.29) is 5.16 Å². The van der Waals surface area contributed by atoms with Crippen molar-refractivity contribution < 1.29 is 9.09 Å². The highest BCUT2D eigenvalue weighted by Crippen LogP contribution is 2.84. The molecule has 0 fully saturated rings. The standard InChI is InChI=1S/C16H28O2P2/c1-13(2)19(14(3)4)20(17,16(5,6)7)18-15-11-9-8-10-12-15/h8-14H,1-7H3. The molecule has 1 atom stereocenters. The summed E-state index contributed by atoms with van der Waals surface area (Å²) >= 11 is 0. The maximum atomic E-state index is 13.8. The Balaban J connectivity index is 3.26. The molecule has 0 amide bonds. The number of hydrogen-bond acceptors (Lipinski definition) is 2. The van der Waals surface area contributed by atoms with Crippen molar-refractivity contribution in [2.45, 2.75) is 64.9 Å². The minimum atomic E-state index is -2.78. The lowest BCUT2D eigenvalue weighted by Crippen LogP contribution is -2.22. The van der Waals surface area contributed by atoms with Gasteiger partial charge in [-0.15, -0.1) is 0 Å². The molecular formula is C16H28O2P2. The quantitative estimate of drug-likeness (QED) is 0.591. The molecule has 0 radical (unpaired) electrons. The van der Waals surface area contributed by atoms with E-state index in [1.165, 1.54) is 0 Å². The molecule has 114 valence electrons. The zero-order valence-corrected chi connectivity index (χ0v) is 15.5. The summed E-state index contributed by atoms with van der Waals surface area (Å²) in [7, 11) is -3.49. The van der Waals surface area contributed by atoms with Gasteiger partial charge in [-0.1, -0.05) is 45.9 Å². The second-order valence-corrected chi connectivity index (χ2v) is 15.0. The highest BCUT2D eigenvalue weighted by atomic mass is 32.1. The SMILES string of the molecule is CC(C)P(C(C)C)P(=O)(Oc1ccccc1)C(C)(C)C. The van der Waals surface area contributed by atoms with E-state index in [0.717, 1.165) is 5.75 Å². The molecule has 0 spiro atoms. The first-order valence-electron chi connectivity index (χ1n) is 7.23. The first-order chi connectivity index (χ1) is 9.09. The third kappa shape index (κ3) is 3.86. The summed E-state index contributed by atoms with van der Waals surface area (Å²) in [5.74, 6) is 0.722. The van der Waals surface area contributed by atoms with Crippen LogP contribution in [0.3, 0.4) is 0 Å². The Kier molecular flexibility index (Phi) is 5.88. The van der Waals surface area contributed by atoms with Gasteiger partial charge in [0.05, 0.1) is 5.16 Å². The maximum absolute atomic E-state index is 13.8. The molecule has 20 heavy (non-hydrogen) atoms. The minimum Gasteiger partial charge on any atom is -0.440 e. The summed E-state index contributed by atoms with van der Waals surface area (Å²) in [4.78, 5) is 0. The van der Waals surface area contributed by atoms with E-state index in [9.17, 15) is 4.57 Å². The lowest BCUT2D eigenvalue weighted by Gasteiger charge is -2.40. The predicted molar refractivity (Wildman–Crippen MR) is 91.6 cm³/mol. The fourth-order valence-corrected chi connectivity index (χ4v) is 12.5. The van der Waals surface area contributed by atoms with Crippen LogP contribution in [0.15, 0.2) is 30.3 Å². The van der Waals surface area contributed by atoms with E-state index in [1.54, 1.807) is 0 Å². The molecule has 0 aliphatic rings. The molecule has 0 aromatic heterocycles. The van der Waals surface area contributed by atoms with Crippen LogP contribution in [-0.4, -0.2) is 16.5 Å². The first-order valence-corrected chi connectivity index (χ1v) is 11.0. The molecule has 1 aromatic carbocycles. The Morgan fingerprint density at radius 2 is 1.45 bits per heavy atom. The molecule has 0 heterocycles. The maximum Gasteiger partial charge on any atom is 0.272 e. The smallest absolute Gasteiger partial charge is 0.272 e. The van der Waals surface area contributed by atoms with Crippen LogP contribution in [0.1, 0.15) is 48.5 Å². The molecule has 1 aromatic rings. The average molecular weight is 314 g/mol. The van der Waals surface area contributed by atoms with Crippen LogP contribution in [0.2, 0.25) is 0 Å². The lowest BCUT2D eigenvalue weighted by atomic mass is 10.3. The highest BCUT2D eigenvalue weighted by Gasteiger charge is 2.48. The second-order valence-electron chi connectivity index (χ2n) is 6.66. The molecule has 2 nitrogen and oxygen atoms in total. The Morgan fingerprint density at radius 3 is 1.80 bits per heavy atom. The van der Waals surface area contributed by atoms with Gasteiger partial charge < -0.3 is 4.52 Å². The van der Waals surface area contributed by atoms with Crippen molar-refractivity contribution in [2.24, 2.45) is 0 Å². The Morgan fingerprint density at radius 1 is 1.00 bits per heavy atom. The van der Waals surface area contributed by atoms with Gasteiger partial charge in [0.15, 0.2) is 0 Å². The molecule has 0 N–H and O–H groups in total. The van der Waals surface area contributed by atoms with Gasteiger partial charge in [0.1, 0.15) is 5.75 Å². The number of benzene rings is 1. The lowest BCUT2D eigenvalue weighted by molar-refractivity contribution is 0.467. The molecule has 1 rings (SSSR count). The molecule has 0 saturated heterocycles. The Bertz CT molecular complexity index is 453. The molecule has 0 aliphatic carbocycles. The van der Waals surface area contributed by atoms with E-state index in [4.69, 9.17) is 4.52 Å². The van der Waals surface area contributed by atoms with Gasteiger partial charge in [0.25, 0.3) is 7.06 Å². The van der Waals surface area contributed by atoms with Crippen LogP contribution in [-0.2, 0) is 4.57 Å². The summed E-state index contributed by atoms with van der Waals surface area (Å²) in [6.45, 7) is 14.8. The first kappa shape index (κ1) is 17.7. The van der Waals surface area contributed by atoms with Crippen LogP contribution in [0, 0.1) is 0 Å². The van der Waals surface area contributed by atoms with Crippen molar-refractivity contribution in [1.82, 2.24) is 0 Å². The van der Waals surface area contributed by atoms with Crippen molar-refractivity contribution in [1.29, 1.82) is 0 Å². The van der Waals surface area contributed by atoms with Gasteiger partial charge in [0.2, 0.25) is 0 Å². The van der Waals surface area contributed by atoms with Gasteiger partial charge in [-0.25, -0.2) is 0 Å². The molecular weight excluding hydrogens is 286 g/mol. The zero-order chi connectivity index (χ0) is 15.6. The number of rotatable bonds is 5. The van der Waals surface area contributed by atoms with E-state index in [2.05, 4.69) is 27.7 Å². The summed E-state index contributed by atoms with van der Waals surface area (Å²) in [5.41, 5.74) is 0.776. The normalized spacial score (nSPS) is 15.7.